The average Bonchev–Trinajstić information content (AvgIpc) is 2.33. The van der Waals surface area contributed by atoms with E-state index in [2.05, 4.69) is 10.9 Å². The molecular formula is C5H12N6O2. The van der Waals surface area contributed by atoms with Crippen molar-refractivity contribution in [3.63, 3.8) is 0 Å². The summed E-state index contributed by atoms with van der Waals surface area (Å²) < 4.78 is 0. The second kappa shape index (κ2) is 3.92. The minimum atomic E-state index is -0.624. The predicted octanol–water partition coefficient (Wildman–Crippen LogP) is -2.27. The largest absolute Gasteiger partial charge is 0.351 e. The third-order valence-corrected chi connectivity index (χ3v) is 1.52. The van der Waals surface area contributed by atoms with E-state index in [-0.39, 0.29) is 0 Å². The maximum atomic E-state index is 10.4. The van der Waals surface area contributed by atoms with E-state index in [0.717, 1.165) is 0 Å². The van der Waals surface area contributed by atoms with Crippen LogP contribution in [-0.2, 0) is 0 Å². The Labute approximate surface area is 74.8 Å². The second-order valence-electron chi connectivity index (χ2n) is 2.62. The summed E-state index contributed by atoms with van der Waals surface area (Å²) in [6.07, 6.45) is 0. The lowest BCUT2D eigenvalue weighted by molar-refractivity contribution is 0.156. The number of amides is 4. The molecule has 13 heavy (non-hydrogen) atoms. The first-order valence-electron chi connectivity index (χ1n) is 3.70. The van der Waals surface area contributed by atoms with Gasteiger partial charge in [-0.3, -0.25) is 10.9 Å². The fourth-order valence-corrected chi connectivity index (χ4v) is 1.08. The normalized spacial score (nSPS) is 18.5. The average molecular weight is 188 g/mol. The third-order valence-electron chi connectivity index (χ3n) is 1.52. The first-order valence-corrected chi connectivity index (χ1v) is 3.70. The number of carbonyl (C=O) groups is 2. The number of hydrogen-bond acceptors (Lipinski definition) is 4. The van der Waals surface area contributed by atoms with E-state index in [1.807, 2.05) is 0 Å². The molecule has 4 amide bonds. The molecule has 74 valence electrons. The van der Waals surface area contributed by atoms with Crippen molar-refractivity contribution in [2.75, 3.05) is 19.8 Å². The van der Waals surface area contributed by atoms with Crippen molar-refractivity contribution >= 4 is 12.1 Å². The Kier molecular flexibility index (Phi) is 2.88. The highest BCUT2D eigenvalue weighted by atomic mass is 16.2. The van der Waals surface area contributed by atoms with Crippen LogP contribution in [0, 0.1) is 0 Å². The molecule has 0 aliphatic carbocycles. The molecule has 0 radical (unpaired) electrons. The van der Waals surface area contributed by atoms with Crippen LogP contribution in [0.2, 0.25) is 0 Å². The zero-order chi connectivity index (χ0) is 9.84. The van der Waals surface area contributed by atoms with E-state index in [4.69, 9.17) is 11.5 Å². The van der Waals surface area contributed by atoms with Gasteiger partial charge in [-0.1, -0.05) is 0 Å². The number of primary amides is 2. The van der Waals surface area contributed by atoms with Crippen LogP contribution in [-0.4, -0.2) is 41.8 Å². The number of hydrazine groups is 2. The lowest BCUT2D eigenvalue weighted by Gasteiger charge is -2.17. The highest BCUT2D eigenvalue weighted by molar-refractivity contribution is 5.71. The standard InChI is InChI=1S/C5H12N6O2/c6-4(12)8-10-1-2-11(3-10)9-5(7)13/h1-3H2,(H3,6,8,12)(H3,7,9,13). The van der Waals surface area contributed by atoms with Crippen molar-refractivity contribution in [1.82, 2.24) is 20.9 Å². The molecule has 0 unspecified atom stereocenters. The van der Waals surface area contributed by atoms with Gasteiger partial charge in [-0.2, -0.15) is 0 Å². The van der Waals surface area contributed by atoms with Crippen LogP contribution < -0.4 is 22.3 Å². The molecule has 0 aromatic rings. The fraction of sp³-hybridized carbons (Fsp3) is 0.600. The summed E-state index contributed by atoms with van der Waals surface area (Å²) in [7, 11) is 0. The zero-order valence-corrected chi connectivity index (χ0v) is 6.99. The molecule has 0 aromatic carbocycles. The van der Waals surface area contributed by atoms with Crippen molar-refractivity contribution in [2.45, 2.75) is 0 Å². The van der Waals surface area contributed by atoms with Gasteiger partial charge in [0.15, 0.2) is 0 Å². The molecular weight excluding hydrogens is 176 g/mol. The van der Waals surface area contributed by atoms with Gasteiger partial charge in [0.25, 0.3) is 0 Å². The molecule has 1 aliphatic rings. The van der Waals surface area contributed by atoms with Gasteiger partial charge in [0, 0.05) is 13.1 Å². The lowest BCUT2D eigenvalue weighted by atomic mass is 10.7. The quantitative estimate of drug-likeness (QED) is 0.391. The molecule has 1 rings (SSSR count). The predicted molar refractivity (Wildman–Crippen MR) is 43.7 cm³/mol. The van der Waals surface area contributed by atoms with Gasteiger partial charge < -0.3 is 11.5 Å². The maximum absolute atomic E-state index is 10.4. The van der Waals surface area contributed by atoms with Crippen molar-refractivity contribution in [3.8, 4) is 0 Å². The van der Waals surface area contributed by atoms with E-state index in [1.54, 1.807) is 10.0 Å². The molecule has 0 saturated carbocycles. The van der Waals surface area contributed by atoms with Crippen LogP contribution in [0.1, 0.15) is 0 Å². The summed E-state index contributed by atoms with van der Waals surface area (Å²) in [5.41, 5.74) is 14.6. The minimum Gasteiger partial charge on any atom is -0.351 e. The summed E-state index contributed by atoms with van der Waals surface area (Å²) in [4.78, 5) is 20.8. The van der Waals surface area contributed by atoms with Crippen LogP contribution in [0.15, 0.2) is 0 Å². The highest BCUT2D eigenvalue weighted by Crippen LogP contribution is 1.96. The Morgan fingerprint density at radius 3 is 1.69 bits per heavy atom. The summed E-state index contributed by atoms with van der Waals surface area (Å²) in [6, 6.07) is -1.25. The highest BCUT2D eigenvalue weighted by Gasteiger charge is 2.20. The third kappa shape index (κ3) is 3.13. The molecule has 1 fully saturated rings. The van der Waals surface area contributed by atoms with Gasteiger partial charge in [0.2, 0.25) is 0 Å². The number of urea groups is 2. The second-order valence-corrected chi connectivity index (χ2v) is 2.62. The molecule has 1 aliphatic heterocycles. The molecule has 0 atom stereocenters. The zero-order valence-electron chi connectivity index (χ0n) is 6.99. The summed E-state index contributed by atoms with van der Waals surface area (Å²) in [5.74, 6) is 0. The topological polar surface area (TPSA) is 117 Å². The number of nitrogens with zero attached hydrogens (tertiary/aromatic N) is 2. The number of carbonyl (C=O) groups excluding carboxylic acids is 2. The molecule has 8 nitrogen and oxygen atoms in total. The SMILES string of the molecule is NC(=O)NN1CCN(NC(N)=O)C1. The number of hydrogen-bond donors (Lipinski definition) is 4. The van der Waals surface area contributed by atoms with Crippen LogP contribution in [0.3, 0.4) is 0 Å². The first kappa shape index (κ1) is 9.55. The van der Waals surface area contributed by atoms with Crippen molar-refractivity contribution in [1.29, 1.82) is 0 Å². The number of nitrogens with two attached hydrogens (primary N) is 2. The molecule has 8 heteroatoms. The Morgan fingerprint density at radius 2 is 1.38 bits per heavy atom. The van der Waals surface area contributed by atoms with Crippen molar-refractivity contribution in [2.24, 2.45) is 11.5 Å². The molecule has 1 heterocycles. The number of nitrogens with one attached hydrogen (secondary N) is 2. The Morgan fingerprint density at radius 1 is 1.00 bits per heavy atom. The van der Waals surface area contributed by atoms with Gasteiger partial charge in [0.1, 0.15) is 0 Å². The number of rotatable bonds is 2. The van der Waals surface area contributed by atoms with E-state index in [0.29, 0.717) is 19.8 Å². The molecule has 0 aromatic heterocycles. The first-order chi connectivity index (χ1) is 6.08. The molecule has 0 bridgehead atoms. The van der Waals surface area contributed by atoms with Crippen LogP contribution >= 0.6 is 0 Å². The summed E-state index contributed by atoms with van der Waals surface area (Å²) in [6.45, 7) is 1.54. The summed E-state index contributed by atoms with van der Waals surface area (Å²) >= 11 is 0. The van der Waals surface area contributed by atoms with Crippen molar-refractivity contribution < 1.29 is 9.59 Å². The smallest absolute Gasteiger partial charge is 0.326 e. The van der Waals surface area contributed by atoms with E-state index < -0.39 is 12.1 Å². The Bertz CT molecular complexity index is 197. The minimum absolute atomic E-state index is 0.367. The van der Waals surface area contributed by atoms with E-state index in [9.17, 15) is 9.59 Å². The van der Waals surface area contributed by atoms with Gasteiger partial charge in [-0.15, -0.1) is 0 Å². The van der Waals surface area contributed by atoms with Crippen LogP contribution in [0.4, 0.5) is 9.59 Å². The molecule has 6 N–H and O–H groups in total. The van der Waals surface area contributed by atoms with Gasteiger partial charge in [0.05, 0.1) is 6.67 Å². The molecule has 1 saturated heterocycles. The van der Waals surface area contributed by atoms with Crippen LogP contribution in [0.5, 0.6) is 0 Å². The maximum Gasteiger partial charge on any atom is 0.326 e. The van der Waals surface area contributed by atoms with Gasteiger partial charge in [-0.05, 0) is 0 Å². The van der Waals surface area contributed by atoms with Crippen LogP contribution in [0.25, 0.3) is 0 Å². The van der Waals surface area contributed by atoms with E-state index in [1.165, 1.54) is 0 Å². The summed E-state index contributed by atoms with van der Waals surface area (Å²) in [5, 5.41) is 3.14. The molecule has 0 spiro atoms. The lowest BCUT2D eigenvalue weighted by Crippen LogP contribution is -2.48. The van der Waals surface area contributed by atoms with Crippen molar-refractivity contribution in [3.05, 3.63) is 0 Å². The van der Waals surface area contributed by atoms with Gasteiger partial charge in [-0.25, -0.2) is 19.6 Å². The van der Waals surface area contributed by atoms with Gasteiger partial charge >= 0.3 is 12.1 Å². The Hall–Kier alpha value is -1.54. The fourth-order valence-electron chi connectivity index (χ4n) is 1.08. The van der Waals surface area contributed by atoms with E-state index >= 15 is 0 Å². The Balaban J connectivity index is 2.27. The monoisotopic (exact) mass is 188 g/mol.